The van der Waals surface area contributed by atoms with Gasteiger partial charge in [-0.25, -0.2) is 28.7 Å². The molecule has 35 heavy (non-hydrogen) atoms. The van der Waals surface area contributed by atoms with Gasteiger partial charge in [0.15, 0.2) is 11.6 Å². The van der Waals surface area contributed by atoms with Gasteiger partial charge >= 0.3 is 0 Å². The molecule has 1 saturated heterocycles. The molecular formula is C25H28F2N8. The van der Waals surface area contributed by atoms with Crippen LogP contribution in [0.25, 0.3) is 22.3 Å². The van der Waals surface area contributed by atoms with Crippen LogP contribution in [0.1, 0.15) is 31.4 Å². The first-order valence-electron chi connectivity index (χ1n) is 11.8. The van der Waals surface area contributed by atoms with Crippen molar-refractivity contribution in [1.82, 2.24) is 34.7 Å². The minimum atomic E-state index is -0.637. The van der Waals surface area contributed by atoms with Crippen molar-refractivity contribution < 1.29 is 8.78 Å². The van der Waals surface area contributed by atoms with Crippen LogP contribution >= 0.6 is 0 Å². The molecular weight excluding hydrogens is 450 g/mol. The lowest BCUT2D eigenvalue weighted by Gasteiger charge is -2.26. The molecule has 0 aliphatic carbocycles. The zero-order chi connectivity index (χ0) is 24.5. The van der Waals surface area contributed by atoms with Gasteiger partial charge in [0.1, 0.15) is 22.9 Å². The Morgan fingerprint density at radius 2 is 1.86 bits per heavy atom. The third-order valence-corrected chi connectivity index (χ3v) is 6.10. The molecule has 2 N–H and O–H groups in total. The molecule has 8 nitrogen and oxygen atoms in total. The van der Waals surface area contributed by atoms with E-state index in [-0.39, 0.29) is 23.2 Å². The van der Waals surface area contributed by atoms with Gasteiger partial charge in [-0.3, -0.25) is 4.90 Å². The van der Waals surface area contributed by atoms with Gasteiger partial charge in [-0.05, 0) is 45.0 Å². The summed E-state index contributed by atoms with van der Waals surface area (Å²) >= 11 is 0. The Labute approximate surface area is 202 Å². The smallest absolute Gasteiger partial charge is 0.229 e. The third kappa shape index (κ3) is 4.85. The lowest BCUT2D eigenvalue weighted by Crippen LogP contribution is -2.43. The summed E-state index contributed by atoms with van der Waals surface area (Å²) in [5, 5.41) is 6.40. The van der Waals surface area contributed by atoms with E-state index in [0.717, 1.165) is 44.6 Å². The number of fused-ring (bicyclic) bond motifs is 1. The number of imidazole rings is 1. The Kier molecular flexibility index (Phi) is 6.40. The molecule has 0 unspecified atom stereocenters. The molecule has 1 fully saturated rings. The molecule has 5 rings (SSSR count). The predicted molar refractivity (Wildman–Crippen MR) is 131 cm³/mol. The average Bonchev–Trinajstić information content (AvgIpc) is 3.18. The van der Waals surface area contributed by atoms with Crippen molar-refractivity contribution in [3.63, 3.8) is 0 Å². The summed E-state index contributed by atoms with van der Waals surface area (Å²) in [5.41, 5.74) is 2.11. The third-order valence-electron chi connectivity index (χ3n) is 6.10. The van der Waals surface area contributed by atoms with Crippen LogP contribution < -0.4 is 10.6 Å². The first kappa shape index (κ1) is 23.3. The van der Waals surface area contributed by atoms with E-state index in [1.165, 1.54) is 6.07 Å². The Morgan fingerprint density at radius 3 is 2.63 bits per heavy atom. The fourth-order valence-electron chi connectivity index (χ4n) is 4.54. The number of hydrogen-bond donors (Lipinski definition) is 2. The van der Waals surface area contributed by atoms with E-state index in [2.05, 4.69) is 35.5 Å². The number of benzene rings is 1. The lowest BCUT2D eigenvalue weighted by molar-refractivity contribution is 0.231. The van der Waals surface area contributed by atoms with Crippen molar-refractivity contribution in [3.8, 4) is 11.3 Å². The number of nitrogens with zero attached hydrogens (tertiary/aromatic N) is 6. The van der Waals surface area contributed by atoms with E-state index >= 15 is 0 Å². The van der Waals surface area contributed by atoms with E-state index in [1.54, 1.807) is 6.07 Å². The number of piperazine rings is 1. The van der Waals surface area contributed by atoms with Gasteiger partial charge in [-0.1, -0.05) is 6.07 Å². The highest BCUT2D eigenvalue weighted by Gasteiger charge is 2.18. The summed E-state index contributed by atoms with van der Waals surface area (Å²) in [5.74, 6) is 0.285. The molecule has 0 radical (unpaired) electrons. The van der Waals surface area contributed by atoms with Gasteiger partial charge in [-0.2, -0.15) is 0 Å². The van der Waals surface area contributed by atoms with Crippen molar-refractivity contribution >= 4 is 22.8 Å². The van der Waals surface area contributed by atoms with Crippen molar-refractivity contribution in [2.75, 3.05) is 31.5 Å². The van der Waals surface area contributed by atoms with Gasteiger partial charge in [0, 0.05) is 44.3 Å². The van der Waals surface area contributed by atoms with E-state index in [1.807, 2.05) is 43.5 Å². The molecule has 0 atom stereocenters. The molecule has 1 aliphatic rings. The summed E-state index contributed by atoms with van der Waals surface area (Å²) in [6, 6.07) is 8.75. The molecule has 0 saturated carbocycles. The van der Waals surface area contributed by atoms with Gasteiger partial charge < -0.3 is 15.2 Å². The summed E-state index contributed by atoms with van der Waals surface area (Å²) in [4.78, 5) is 19.8. The number of halogens is 2. The largest absolute Gasteiger partial charge is 0.326 e. The lowest BCUT2D eigenvalue weighted by atomic mass is 10.1. The number of aryl methyl sites for hydroxylation is 1. The van der Waals surface area contributed by atoms with Crippen molar-refractivity contribution in [2.24, 2.45) is 0 Å². The number of anilines is 2. The second kappa shape index (κ2) is 9.63. The van der Waals surface area contributed by atoms with Crippen LogP contribution in [0.4, 0.5) is 20.5 Å². The molecule has 182 valence electrons. The quantitative estimate of drug-likeness (QED) is 0.430. The van der Waals surface area contributed by atoms with Crippen LogP contribution in [0, 0.1) is 18.6 Å². The SMILES string of the molecule is Cc1nc2c(F)cc(-c3nc(Nc4cccc(CN5CCNCC5)n4)ncc3F)cc2n1C(C)C. The molecule has 1 aromatic carbocycles. The highest BCUT2D eigenvalue weighted by molar-refractivity contribution is 5.83. The molecule has 4 aromatic rings. The number of nitrogens with one attached hydrogen (secondary N) is 2. The molecule has 0 bridgehead atoms. The van der Waals surface area contributed by atoms with E-state index in [0.29, 0.717) is 22.7 Å². The summed E-state index contributed by atoms with van der Waals surface area (Å²) in [6.45, 7) is 10.4. The van der Waals surface area contributed by atoms with Gasteiger partial charge in [0.2, 0.25) is 5.95 Å². The van der Waals surface area contributed by atoms with E-state index in [4.69, 9.17) is 0 Å². The van der Waals surface area contributed by atoms with Gasteiger partial charge in [0.25, 0.3) is 0 Å². The van der Waals surface area contributed by atoms with Crippen LogP contribution in [0.3, 0.4) is 0 Å². The van der Waals surface area contributed by atoms with Crippen molar-refractivity contribution in [2.45, 2.75) is 33.4 Å². The highest BCUT2D eigenvalue weighted by Crippen LogP contribution is 2.30. The summed E-state index contributed by atoms with van der Waals surface area (Å²) in [6.07, 6.45) is 1.09. The zero-order valence-corrected chi connectivity index (χ0v) is 20.0. The number of aromatic nitrogens is 5. The van der Waals surface area contributed by atoms with Crippen LogP contribution in [0.5, 0.6) is 0 Å². The maximum Gasteiger partial charge on any atom is 0.229 e. The predicted octanol–water partition coefficient (Wildman–Crippen LogP) is 4.20. The maximum absolute atomic E-state index is 14.9. The second-order valence-electron chi connectivity index (χ2n) is 9.00. The zero-order valence-electron chi connectivity index (χ0n) is 20.0. The molecule has 0 amide bonds. The Morgan fingerprint density at radius 1 is 1.06 bits per heavy atom. The normalized spacial score (nSPS) is 14.7. The first-order chi connectivity index (χ1) is 16.9. The first-order valence-corrected chi connectivity index (χ1v) is 11.8. The molecule has 10 heteroatoms. The molecule has 1 aliphatic heterocycles. The Balaban J connectivity index is 1.44. The van der Waals surface area contributed by atoms with Crippen molar-refractivity contribution in [1.29, 1.82) is 0 Å². The van der Waals surface area contributed by atoms with E-state index < -0.39 is 11.6 Å². The standard InChI is InChI=1S/C25H28F2N8/c1-15(2)35-16(3)30-24-19(26)11-17(12-21(24)35)23-20(27)13-29-25(33-23)32-22-6-4-5-18(31-22)14-34-9-7-28-8-10-34/h4-6,11-13,15,28H,7-10,14H2,1-3H3,(H,29,31,32,33). The second-order valence-corrected chi connectivity index (χ2v) is 9.00. The molecule has 0 spiro atoms. The van der Waals surface area contributed by atoms with Crippen LogP contribution in [-0.2, 0) is 6.54 Å². The summed E-state index contributed by atoms with van der Waals surface area (Å²) in [7, 11) is 0. The topological polar surface area (TPSA) is 83.8 Å². The number of pyridine rings is 1. The minimum absolute atomic E-state index is 0.00873. The summed E-state index contributed by atoms with van der Waals surface area (Å²) < 4.78 is 31.6. The van der Waals surface area contributed by atoms with Crippen LogP contribution in [-0.4, -0.2) is 55.6 Å². The van der Waals surface area contributed by atoms with Crippen molar-refractivity contribution in [3.05, 3.63) is 59.7 Å². The van der Waals surface area contributed by atoms with Crippen LogP contribution in [0.2, 0.25) is 0 Å². The number of hydrogen-bond acceptors (Lipinski definition) is 7. The fourth-order valence-corrected chi connectivity index (χ4v) is 4.54. The van der Waals surface area contributed by atoms with Crippen LogP contribution in [0.15, 0.2) is 36.5 Å². The fraction of sp³-hybridized carbons (Fsp3) is 0.360. The highest BCUT2D eigenvalue weighted by atomic mass is 19.1. The monoisotopic (exact) mass is 478 g/mol. The minimum Gasteiger partial charge on any atom is -0.326 e. The van der Waals surface area contributed by atoms with Gasteiger partial charge in [0.05, 0.1) is 17.4 Å². The average molecular weight is 479 g/mol. The van der Waals surface area contributed by atoms with E-state index in [9.17, 15) is 8.78 Å². The Hall–Kier alpha value is -3.50. The van der Waals surface area contributed by atoms with Gasteiger partial charge in [-0.15, -0.1) is 0 Å². The Bertz CT molecular complexity index is 1360. The molecule has 3 aromatic heterocycles. The molecule has 4 heterocycles. The number of rotatable bonds is 6. The maximum atomic E-state index is 14.9.